The van der Waals surface area contributed by atoms with Crippen LogP contribution in [0.5, 0.6) is 5.75 Å². The molecule has 0 unspecified atom stereocenters. The monoisotopic (exact) mass is 393 g/mol. The lowest BCUT2D eigenvalue weighted by atomic mass is 9.88. The van der Waals surface area contributed by atoms with Crippen molar-refractivity contribution in [1.82, 2.24) is 5.43 Å². The van der Waals surface area contributed by atoms with Gasteiger partial charge in [-0.2, -0.15) is 5.10 Å². The number of rotatable bonds is 6. The summed E-state index contributed by atoms with van der Waals surface area (Å²) in [5.74, 6) is 0.331. The van der Waals surface area contributed by atoms with Crippen LogP contribution >= 0.6 is 0 Å². The van der Waals surface area contributed by atoms with Gasteiger partial charge in [-0.05, 0) is 49.6 Å². The fourth-order valence-electron chi connectivity index (χ4n) is 3.52. The van der Waals surface area contributed by atoms with Crippen LogP contribution in [0.2, 0.25) is 0 Å². The summed E-state index contributed by atoms with van der Waals surface area (Å²) in [6, 6.07) is 14.5. The third kappa shape index (κ3) is 5.44. The Kier molecular flexibility index (Phi) is 7.00. The van der Waals surface area contributed by atoms with Gasteiger partial charge >= 0.3 is 0 Å². The van der Waals surface area contributed by atoms with Crippen molar-refractivity contribution in [2.45, 2.75) is 39.0 Å². The van der Waals surface area contributed by atoms with Crippen LogP contribution in [0.15, 0.2) is 53.6 Å². The Bertz CT molecular complexity index is 902. The van der Waals surface area contributed by atoms with Crippen LogP contribution in [-0.4, -0.2) is 24.6 Å². The van der Waals surface area contributed by atoms with E-state index in [2.05, 4.69) is 15.8 Å². The number of hydrogen-bond donors (Lipinski definition) is 2. The molecule has 2 aromatic carbocycles. The quantitative estimate of drug-likeness (QED) is 0.565. The van der Waals surface area contributed by atoms with Crippen molar-refractivity contribution in [3.05, 3.63) is 59.7 Å². The fourth-order valence-corrected chi connectivity index (χ4v) is 3.52. The predicted octanol–water partition coefficient (Wildman–Crippen LogP) is 4.37. The lowest BCUT2D eigenvalue weighted by Gasteiger charge is -2.20. The Morgan fingerprint density at radius 3 is 2.55 bits per heavy atom. The van der Waals surface area contributed by atoms with E-state index in [1.165, 1.54) is 13.5 Å². The van der Waals surface area contributed by atoms with Crippen LogP contribution in [0, 0.1) is 5.92 Å². The van der Waals surface area contributed by atoms with Crippen LogP contribution in [0.3, 0.4) is 0 Å². The van der Waals surface area contributed by atoms with E-state index < -0.39 is 0 Å². The maximum atomic E-state index is 12.5. The Morgan fingerprint density at radius 1 is 1.03 bits per heavy atom. The largest absolute Gasteiger partial charge is 0.496 e. The molecular weight excluding hydrogens is 366 g/mol. The van der Waals surface area contributed by atoms with Gasteiger partial charge in [0.25, 0.3) is 5.91 Å². The molecule has 3 rings (SSSR count). The van der Waals surface area contributed by atoms with Crippen molar-refractivity contribution in [3.8, 4) is 5.75 Å². The average molecular weight is 393 g/mol. The molecule has 6 nitrogen and oxygen atoms in total. The Labute approximate surface area is 171 Å². The fraction of sp³-hybridized carbons (Fsp3) is 0.348. The SMILES string of the molecule is COc1ccccc1C(=O)NN=C(C)c1cccc(NC(=O)C2CCCCC2)c1. The number of hydrogen-bond acceptors (Lipinski definition) is 4. The van der Waals surface area contributed by atoms with E-state index in [1.54, 1.807) is 24.3 Å². The first kappa shape index (κ1) is 20.6. The van der Waals surface area contributed by atoms with E-state index in [0.717, 1.165) is 36.9 Å². The maximum absolute atomic E-state index is 12.5. The first-order chi connectivity index (χ1) is 14.1. The topological polar surface area (TPSA) is 79.8 Å². The number of amides is 2. The molecule has 0 aliphatic heterocycles. The van der Waals surface area contributed by atoms with Gasteiger partial charge in [0.05, 0.1) is 18.4 Å². The summed E-state index contributed by atoms with van der Waals surface area (Å²) in [4.78, 5) is 24.9. The van der Waals surface area contributed by atoms with Crippen LogP contribution in [0.4, 0.5) is 5.69 Å². The van der Waals surface area contributed by atoms with Crippen molar-refractivity contribution in [1.29, 1.82) is 0 Å². The van der Waals surface area contributed by atoms with Gasteiger partial charge in [-0.15, -0.1) is 0 Å². The normalized spacial score (nSPS) is 14.9. The minimum Gasteiger partial charge on any atom is -0.496 e. The van der Waals surface area contributed by atoms with Gasteiger partial charge in [-0.3, -0.25) is 9.59 Å². The third-order valence-corrected chi connectivity index (χ3v) is 5.20. The van der Waals surface area contributed by atoms with Crippen LogP contribution in [-0.2, 0) is 4.79 Å². The average Bonchev–Trinajstić information content (AvgIpc) is 2.78. The lowest BCUT2D eigenvalue weighted by molar-refractivity contribution is -0.120. The molecule has 0 radical (unpaired) electrons. The number of carbonyl (C=O) groups excluding carboxylic acids is 2. The summed E-state index contributed by atoms with van der Waals surface area (Å²) in [7, 11) is 1.52. The summed E-state index contributed by atoms with van der Waals surface area (Å²) in [5.41, 5.74) is 5.19. The van der Waals surface area contributed by atoms with E-state index >= 15 is 0 Å². The highest BCUT2D eigenvalue weighted by atomic mass is 16.5. The van der Waals surface area contributed by atoms with E-state index in [4.69, 9.17) is 4.74 Å². The Morgan fingerprint density at radius 2 is 1.79 bits per heavy atom. The second kappa shape index (κ2) is 9.87. The van der Waals surface area contributed by atoms with E-state index in [1.807, 2.05) is 31.2 Å². The van der Waals surface area contributed by atoms with E-state index in [-0.39, 0.29) is 17.7 Å². The molecule has 152 valence electrons. The van der Waals surface area contributed by atoms with Gasteiger partial charge in [-0.1, -0.05) is 43.5 Å². The maximum Gasteiger partial charge on any atom is 0.275 e. The Balaban J connectivity index is 1.66. The van der Waals surface area contributed by atoms with Crippen molar-refractivity contribution < 1.29 is 14.3 Å². The smallest absolute Gasteiger partial charge is 0.275 e. The number of hydrazone groups is 1. The molecule has 2 aromatic rings. The summed E-state index contributed by atoms with van der Waals surface area (Å²) in [6.07, 6.45) is 5.38. The molecule has 2 amide bonds. The number of carbonyl (C=O) groups is 2. The minimum absolute atomic E-state index is 0.0842. The highest BCUT2D eigenvalue weighted by Gasteiger charge is 2.21. The second-order valence-corrected chi connectivity index (χ2v) is 7.24. The highest BCUT2D eigenvalue weighted by Crippen LogP contribution is 2.25. The highest BCUT2D eigenvalue weighted by molar-refractivity contribution is 6.02. The van der Waals surface area contributed by atoms with Crippen molar-refractivity contribution >= 4 is 23.2 Å². The molecule has 1 aliphatic carbocycles. The molecule has 2 N–H and O–H groups in total. The van der Waals surface area contributed by atoms with E-state index in [9.17, 15) is 9.59 Å². The molecule has 0 saturated heterocycles. The van der Waals surface area contributed by atoms with Gasteiger partial charge in [0.15, 0.2) is 0 Å². The first-order valence-electron chi connectivity index (χ1n) is 9.97. The summed E-state index contributed by atoms with van der Waals surface area (Å²) in [5, 5.41) is 7.22. The molecular formula is C23H27N3O3. The molecule has 1 saturated carbocycles. The van der Waals surface area contributed by atoms with Gasteiger partial charge in [-0.25, -0.2) is 5.43 Å². The second-order valence-electron chi connectivity index (χ2n) is 7.24. The standard InChI is InChI=1S/C23H27N3O3/c1-16(25-26-23(28)20-13-6-7-14-21(20)29-2)18-11-8-12-19(15-18)24-22(27)17-9-4-3-5-10-17/h6-8,11-15,17H,3-5,9-10H2,1-2H3,(H,24,27)(H,26,28). The molecule has 1 fully saturated rings. The van der Waals surface area contributed by atoms with Crippen molar-refractivity contribution in [3.63, 3.8) is 0 Å². The lowest BCUT2D eigenvalue weighted by Crippen LogP contribution is -2.24. The molecule has 0 aromatic heterocycles. The number of para-hydroxylation sites is 1. The number of benzene rings is 2. The van der Waals surface area contributed by atoms with Gasteiger partial charge in [0.2, 0.25) is 5.91 Å². The van der Waals surface area contributed by atoms with Crippen LogP contribution < -0.4 is 15.5 Å². The molecule has 0 heterocycles. The zero-order valence-electron chi connectivity index (χ0n) is 16.9. The molecule has 0 atom stereocenters. The number of nitrogens with one attached hydrogen (secondary N) is 2. The predicted molar refractivity (Wildman–Crippen MR) is 114 cm³/mol. The molecule has 1 aliphatic rings. The third-order valence-electron chi connectivity index (χ3n) is 5.20. The zero-order chi connectivity index (χ0) is 20.6. The number of ether oxygens (including phenoxy) is 1. The molecule has 0 bridgehead atoms. The van der Waals surface area contributed by atoms with E-state index in [0.29, 0.717) is 17.0 Å². The number of anilines is 1. The summed E-state index contributed by atoms with van der Waals surface area (Å²) in [6.45, 7) is 1.81. The van der Waals surface area contributed by atoms with Crippen molar-refractivity contribution in [2.75, 3.05) is 12.4 Å². The number of methoxy groups -OCH3 is 1. The van der Waals surface area contributed by atoms with Gasteiger partial charge in [0.1, 0.15) is 5.75 Å². The summed E-state index contributed by atoms with van der Waals surface area (Å²) >= 11 is 0. The molecule has 29 heavy (non-hydrogen) atoms. The first-order valence-corrected chi connectivity index (χ1v) is 9.97. The molecule has 0 spiro atoms. The summed E-state index contributed by atoms with van der Waals surface area (Å²) < 4.78 is 5.21. The molecule has 6 heteroatoms. The van der Waals surface area contributed by atoms with Crippen LogP contribution in [0.25, 0.3) is 0 Å². The Hall–Kier alpha value is -3.15. The van der Waals surface area contributed by atoms with Gasteiger partial charge < -0.3 is 10.1 Å². The number of nitrogens with zero attached hydrogens (tertiary/aromatic N) is 1. The minimum atomic E-state index is -0.344. The van der Waals surface area contributed by atoms with Crippen LogP contribution in [0.1, 0.15) is 54.9 Å². The zero-order valence-corrected chi connectivity index (χ0v) is 16.9. The van der Waals surface area contributed by atoms with Crippen molar-refractivity contribution in [2.24, 2.45) is 11.0 Å². The van der Waals surface area contributed by atoms with Gasteiger partial charge in [0, 0.05) is 11.6 Å².